The zero-order chi connectivity index (χ0) is 23.8. The molecule has 1 aromatic carbocycles. The second-order valence-electron chi connectivity index (χ2n) is 7.13. The van der Waals surface area contributed by atoms with Crippen molar-refractivity contribution in [3.05, 3.63) is 56.8 Å². The Hall–Kier alpha value is -3.34. The van der Waals surface area contributed by atoms with Crippen LogP contribution in [0.15, 0.2) is 28.7 Å². The van der Waals surface area contributed by atoms with E-state index in [9.17, 15) is 24.5 Å². The summed E-state index contributed by atoms with van der Waals surface area (Å²) < 4.78 is 9.96. The number of anilines is 1. The molecule has 2 N–H and O–H groups in total. The zero-order valence-corrected chi connectivity index (χ0v) is 19.0. The van der Waals surface area contributed by atoms with Gasteiger partial charge < -0.3 is 19.8 Å². The molecule has 1 heterocycles. The molecule has 1 atom stereocenters. The van der Waals surface area contributed by atoms with Crippen molar-refractivity contribution in [3.8, 4) is 0 Å². The van der Waals surface area contributed by atoms with E-state index in [1.807, 2.05) is 39.2 Å². The van der Waals surface area contributed by atoms with Crippen LogP contribution in [0.4, 0.5) is 11.6 Å². The molecular formula is C21H25N3O7S. The summed E-state index contributed by atoms with van der Waals surface area (Å²) >= 11 is 1.46. The Balaban J connectivity index is 1.98. The number of amides is 2. The number of benzene rings is 1. The van der Waals surface area contributed by atoms with Gasteiger partial charge >= 0.3 is 11.9 Å². The van der Waals surface area contributed by atoms with Gasteiger partial charge in [-0.15, -0.1) is 0 Å². The van der Waals surface area contributed by atoms with Crippen molar-refractivity contribution in [1.82, 2.24) is 5.32 Å². The van der Waals surface area contributed by atoms with E-state index in [4.69, 9.17) is 9.15 Å². The van der Waals surface area contributed by atoms with Gasteiger partial charge in [0, 0.05) is 5.69 Å². The maximum atomic E-state index is 12.5. The van der Waals surface area contributed by atoms with E-state index in [2.05, 4.69) is 10.6 Å². The molecule has 0 saturated heterocycles. The number of hydrogen-bond donors (Lipinski definition) is 2. The second kappa shape index (κ2) is 11.3. The van der Waals surface area contributed by atoms with Crippen LogP contribution in [-0.4, -0.2) is 47.4 Å². The summed E-state index contributed by atoms with van der Waals surface area (Å²) in [6, 6.07) is 5.01. The van der Waals surface area contributed by atoms with Gasteiger partial charge in [0.1, 0.15) is 11.0 Å². The summed E-state index contributed by atoms with van der Waals surface area (Å²) in [5, 5.41) is 15.9. The standard InChI is InChI=1S/C21H25N3O7S/c1-12-9-13(2)19(14(3)10-12)23-17(25)11-30-21(27)15(7-8-32-4)22-20(26)16-5-6-18(31-16)24(28)29/h5-6,9-10,15H,7-8,11H2,1-4H3,(H,22,26)(H,23,25). The average molecular weight is 464 g/mol. The second-order valence-corrected chi connectivity index (χ2v) is 8.12. The molecule has 0 bridgehead atoms. The number of ether oxygens (including phenoxy) is 1. The van der Waals surface area contributed by atoms with Gasteiger partial charge in [-0.2, -0.15) is 11.8 Å². The molecule has 1 unspecified atom stereocenters. The van der Waals surface area contributed by atoms with Crippen LogP contribution in [0.25, 0.3) is 0 Å². The lowest BCUT2D eigenvalue weighted by atomic mass is 10.1. The Kier molecular flexibility index (Phi) is 8.82. The minimum absolute atomic E-state index is 0.242. The van der Waals surface area contributed by atoms with E-state index >= 15 is 0 Å². The number of nitrogens with one attached hydrogen (secondary N) is 2. The Morgan fingerprint density at radius 3 is 2.41 bits per heavy atom. The molecule has 2 amide bonds. The van der Waals surface area contributed by atoms with Gasteiger partial charge in [-0.05, 0) is 56.4 Å². The highest BCUT2D eigenvalue weighted by molar-refractivity contribution is 7.98. The van der Waals surface area contributed by atoms with Crippen LogP contribution < -0.4 is 10.6 Å². The van der Waals surface area contributed by atoms with E-state index in [0.29, 0.717) is 11.4 Å². The Bertz CT molecular complexity index is 996. The molecule has 11 heteroatoms. The van der Waals surface area contributed by atoms with E-state index in [-0.39, 0.29) is 12.2 Å². The molecule has 1 aromatic heterocycles. The normalized spacial score (nSPS) is 11.5. The highest BCUT2D eigenvalue weighted by Crippen LogP contribution is 2.22. The number of carbonyl (C=O) groups excluding carboxylic acids is 3. The quantitative estimate of drug-likeness (QED) is 0.311. The molecule has 0 aliphatic carbocycles. The number of esters is 1. The predicted octanol–water partition coefficient (Wildman–Crippen LogP) is 3.15. The summed E-state index contributed by atoms with van der Waals surface area (Å²) in [6.07, 6.45) is 2.08. The molecule has 0 aliphatic heterocycles. The van der Waals surface area contributed by atoms with Crippen LogP contribution in [0.5, 0.6) is 0 Å². The van der Waals surface area contributed by atoms with E-state index in [1.54, 1.807) is 0 Å². The number of rotatable bonds is 10. The SMILES string of the molecule is CSCCC(NC(=O)c1ccc([N+](=O)[O-])o1)C(=O)OCC(=O)Nc1c(C)cc(C)cc1C. The molecule has 32 heavy (non-hydrogen) atoms. The number of nitro groups is 1. The maximum Gasteiger partial charge on any atom is 0.433 e. The summed E-state index contributed by atoms with van der Waals surface area (Å²) in [5.41, 5.74) is 3.50. The monoisotopic (exact) mass is 463 g/mol. The van der Waals surface area contributed by atoms with Gasteiger partial charge in [-0.25, -0.2) is 4.79 Å². The van der Waals surface area contributed by atoms with Gasteiger partial charge in [0.05, 0.1) is 6.07 Å². The third kappa shape index (κ3) is 6.84. The minimum atomic E-state index is -1.05. The lowest BCUT2D eigenvalue weighted by Gasteiger charge is -2.17. The van der Waals surface area contributed by atoms with Crippen LogP contribution in [0.1, 0.15) is 33.7 Å². The highest BCUT2D eigenvalue weighted by Gasteiger charge is 2.26. The summed E-state index contributed by atoms with van der Waals surface area (Å²) in [7, 11) is 0. The fourth-order valence-electron chi connectivity index (χ4n) is 3.05. The molecule has 0 radical (unpaired) electrons. The van der Waals surface area contributed by atoms with Crippen molar-refractivity contribution in [2.75, 3.05) is 23.9 Å². The van der Waals surface area contributed by atoms with Crippen LogP contribution in [0.2, 0.25) is 0 Å². The van der Waals surface area contributed by atoms with E-state index < -0.39 is 41.2 Å². The fourth-order valence-corrected chi connectivity index (χ4v) is 3.52. The summed E-state index contributed by atoms with van der Waals surface area (Å²) in [4.78, 5) is 47.1. The summed E-state index contributed by atoms with van der Waals surface area (Å²) in [5.74, 6) is -2.45. The van der Waals surface area contributed by atoms with Crippen molar-refractivity contribution in [2.24, 2.45) is 0 Å². The van der Waals surface area contributed by atoms with Crippen LogP contribution in [0, 0.1) is 30.9 Å². The molecular weight excluding hydrogens is 438 g/mol. The van der Waals surface area contributed by atoms with Crippen LogP contribution >= 0.6 is 11.8 Å². The largest absolute Gasteiger partial charge is 0.454 e. The van der Waals surface area contributed by atoms with E-state index in [1.165, 1.54) is 11.8 Å². The average Bonchev–Trinajstić information content (AvgIpc) is 3.22. The number of thioether (sulfide) groups is 1. The molecule has 0 saturated carbocycles. The minimum Gasteiger partial charge on any atom is -0.454 e. The van der Waals surface area contributed by atoms with Crippen LogP contribution in [-0.2, 0) is 14.3 Å². The van der Waals surface area contributed by atoms with Crippen molar-refractivity contribution >= 4 is 41.1 Å². The van der Waals surface area contributed by atoms with Crippen LogP contribution in [0.3, 0.4) is 0 Å². The first-order valence-corrected chi connectivity index (χ1v) is 11.1. The van der Waals surface area contributed by atoms with Crippen molar-refractivity contribution < 1.29 is 28.5 Å². The molecule has 2 rings (SSSR count). The Morgan fingerprint density at radius 1 is 1.19 bits per heavy atom. The first-order valence-electron chi connectivity index (χ1n) is 9.70. The maximum absolute atomic E-state index is 12.5. The number of carbonyl (C=O) groups is 3. The lowest BCUT2D eigenvalue weighted by Crippen LogP contribution is -2.43. The smallest absolute Gasteiger partial charge is 0.433 e. The first-order chi connectivity index (χ1) is 15.1. The number of nitrogens with zero attached hydrogens (tertiary/aromatic N) is 1. The Morgan fingerprint density at radius 2 is 1.84 bits per heavy atom. The number of furan rings is 1. The topological polar surface area (TPSA) is 141 Å². The van der Waals surface area contributed by atoms with Gasteiger partial charge in [0.2, 0.25) is 0 Å². The van der Waals surface area contributed by atoms with Gasteiger partial charge in [-0.3, -0.25) is 19.7 Å². The summed E-state index contributed by atoms with van der Waals surface area (Å²) in [6.45, 7) is 5.17. The van der Waals surface area contributed by atoms with E-state index in [0.717, 1.165) is 28.8 Å². The molecule has 0 spiro atoms. The molecule has 0 fully saturated rings. The van der Waals surface area contributed by atoms with Gasteiger partial charge in [-0.1, -0.05) is 17.7 Å². The third-order valence-corrected chi connectivity index (χ3v) is 5.13. The number of hydrogen-bond acceptors (Lipinski definition) is 8. The van der Waals surface area contributed by atoms with Gasteiger partial charge in [0.15, 0.2) is 12.4 Å². The Labute approximate surface area is 189 Å². The van der Waals surface area contributed by atoms with Crippen molar-refractivity contribution in [1.29, 1.82) is 0 Å². The molecule has 10 nitrogen and oxygen atoms in total. The van der Waals surface area contributed by atoms with Crippen molar-refractivity contribution in [3.63, 3.8) is 0 Å². The highest BCUT2D eigenvalue weighted by atomic mass is 32.2. The zero-order valence-electron chi connectivity index (χ0n) is 18.2. The predicted molar refractivity (Wildman–Crippen MR) is 120 cm³/mol. The molecule has 2 aromatic rings. The fraction of sp³-hybridized carbons (Fsp3) is 0.381. The molecule has 172 valence electrons. The van der Waals surface area contributed by atoms with Gasteiger partial charge in [0.25, 0.3) is 11.8 Å². The number of aryl methyl sites for hydroxylation is 3. The lowest BCUT2D eigenvalue weighted by molar-refractivity contribution is -0.402. The molecule has 0 aliphatic rings. The van der Waals surface area contributed by atoms with Crippen molar-refractivity contribution in [2.45, 2.75) is 33.2 Å². The first kappa shape index (κ1) is 24.9. The third-order valence-electron chi connectivity index (χ3n) is 4.48.